The summed E-state index contributed by atoms with van der Waals surface area (Å²) in [5, 5.41) is 5.38. The molecule has 5 nitrogen and oxygen atoms in total. The van der Waals surface area contributed by atoms with Gasteiger partial charge in [0.25, 0.3) is 0 Å². The molecule has 2 aromatic carbocycles. The van der Waals surface area contributed by atoms with Gasteiger partial charge in [-0.05, 0) is 27.9 Å². The Bertz CT molecular complexity index is 695. The van der Waals surface area contributed by atoms with Crippen LogP contribution < -0.4 is 0 Å². The molecule has 5 heteroatoms. The first-order valence-corrected chi connectivity index (χ1v) is 5.59. The molecule has 0 aliphatic carbocycles. The van der Waals surface area contributed by atoms with Crippen LogP contribution in [0.15, 0.2) is 53.3 Å². The Morgan fingerprint density at radius 3 is 2.74 bits per heavy atom. The fourth-order valence-electron chi connectivity index (χ4n) is 1.80. The molecule has 0 aromatic heterocycles. The molecule has 0 saturated heterocycles. The zero-order chi connectivity index (χ0) is 13.7. The summed E-state index contributed by atoms with van der Waals surface area (Å²) < 4.78 is 4.58. The number of benzene rings is 2. The van der Waals surface area contributed by atoms with Gasteiger partial charge in [0.1, 0.15) is 5.70 Å². The number of carbonyl (C=O) groups excluding carboxylic acids is 1. The molecule has 0 aliphatic rings. The summed E-state index contributed by atoms with van der Waals surface area (Å²) >= 11 is 0. The Balaban J connectivity index is 2.60. The predicted molar refractivity (Wildman–Crippen MR) is 73.1 cm³/mol. The first-order valence-electron chi connectivity index (χ1n) is 5.59. The normalized spacial score (nSPS) is 10.9. The SMILES string of the molecule is COC(=O)/C(=C\c1cccc2ccccc12)N=[N+]=[N-]. The van der Waals surface area contributed by atoms with Crippen LogP contribution in [-0.4, -0.2) is 13.1 Å². The second kappa shape index (κ2) is 5.71. The summed E-state index contributed by atoms with van der Waals surface area (Å²) in [5.41, 5.74) is 9.21. The number of nitrogens with zero attached hydrogens (tertiary/aromatic N) is 3. The van der Waals surface area contributed by atoms with Gasteiger partial charge in [0.15, 0.2) is 0 Å². The van der Waals surface area contributed by atoms with Gasteiger partial charge in [-0.25, -0.2) is 4.79 Å². The standard InChI is InChI=1S/C14H11N3O2/c1-19-14(18)13(16-17-15)9-11-7-4-6-10-5-2-3-8-12(10)11/h2-9H,1H3/b13-9+. The highest BCUT2D eigenvalue weighted by molar-refractivity contribution is 5.98. The van der Waals surface area contributed by atoms with E-state index in [0.717, 1.165) is 16.3 Å². The van der Waals surface area contributed by atoms with E-state index in [0.29, 0.717) is 0 Å². The van der Waals surface area contributed by atoms with Gasteiger partial charge >= 0.3 is 5.97 Å². The third kappa shape index (κ3) is 2.73. The Kier molecular flexibility index (Phi) is 3.81. The minimum Gasteiger partial charge on any atom is -0.466 e. The molecule has 0 saturated carbocycles. The molecule has 0 spiro atoms. The Morgan fingerprint density at radius 1 is 1.26 bits per heavy atom. The lowest BCUT2D eigenvalue weighted by molar-refractivity contribution is -0.136. The van der Waals surface area contributed by atoms with Crippen molar-refractivity contribution >= 4 is 22.8 Å². The number of rotatable bonds is 3. The van der Waals surface area contributed by atoms with E-state index in [1.165, 1.54) is 13.2 Å². The number of hydrogen-bond acceptors (Lipinski definition) is 3. The smallest absolute Gasteiger partial charge is 0.340 e. The maximum absolute atomic E-state index is 11.5. The first kappa shape index (κ1) is 12.7. The van der Waals surface area contributed by atoms with Crippen molar-refractivity contribution in [3.63, 3.8) is 0 Å². The average molecular weight is 253 g/mol. The Morgan fingerprint density at radius 2 is 2.00 bits per heavy atom. The summed E-state index contributed by atoms with van der Waals surface area (Å²) in [7, 11) is 1.24. The lowest BCUT2D eigenvalue weighted by atomic mass is 10.0. The van der Waals surface area contributed by atoms with Crippen LogP contribution in [0.3, 0.4) is 0 Å². The van der Waals surface area contributed by atoms with Gasteiger partial charge in [0.05, 0.1) is 7.11 Å². The fourth-order valence-corrected chi connectivity index (χ4v) is 1.80. The highest BCUT2D eigenvalue weighted by atomic mass is 16.5. The number of hydrogen-bond donors (Lipinski definition) is 0. The number of esters is 1. The molecule has 0 aliphatic heterocycles. The lowest BCUT2D eigenvalue weighted by Gasteiger charge is -2.03. The van der Waals surface area contributed by atoms with E-state index in [1.54, 1.807) is 0 Å². The molecule has 94 valence electrons. The molecule has 2 aromatic rings. The summed E-state index contributed by atoms with van der Waals surface area (Å²) in [5.74, 6) is -0.661. The number of fused-ring (bicyclic) bond motifs is 1. The van der Waals surface area contributed by atoms with Crippen LogP contribution in [-0.2, 0) is 9.53 Å². The van der Waals surface area contributed by atoms with Crippen LogP contribution in [0.2, 0.25) is 0 Å². The third-order valence-corrected chi connectivity index (χ3v) is 2.66. The van der Waals surface area contributed by atoms with Crippen LogP contribution >= 0.6 is 0 Å². The molecule has 0 unspecified atom stereocenters. The molecular formula is C14H11N3O2. The van der Waals surface area contributed by atoms with E-state index in [9.17, 15) is 4.79 Å². The molecular weight excluding hydrogens is 242 g/mol. The predicted octanol–water partition coefficient (Wildman–Crippen LogP) is 3.66. The molecule has 19 heavy (non-hydrogen) atoms. The maximum Gasteiger partial charge on any atom is 0.340 e. The van der Waals surface area contributed by atoms with Gasteiger partial charge in [-0.3, -0.25) is 0 Å². The Labute approximate surface area is 109 Å². The van der Waals surface area contributed by atoms with Crippen molar-refractivity contribution in [1.82, 2.24) is 0 Å². The van der Waals surface area contributed by atoms with E-state index in [-0.39, 0.29) is 5.70 Å². The van der Waals surface area contributed by atoms with Crippen LogP contribution in [0.5, 0.6) is 0 Å². The average Bonchev–Trinajstić information content (AvgIpc) is 2.46. The second-order valence-electron chi connectivity index (χ2n) is 3.78. The first-order chi connectivity index (χ1) is 9.26. The van der Waals surface area contributed by atoms with Crippen molar-refractivity contribution in [3.8, 4) is 0 Å². The van der Waals surface area contributed by atoms with Gasteiger partial charge in [-0.15, -0.1) is 0 Å². The zero-order valence-electron chi connectivity index (χ0n) is 10.3. The van der Waals surface area contributed by atoms with Gasteiger partial charge < -0.3 is 4.74 Å². The summed E-state index contributed by atoms with van der Waals surface area (Å²) in [6.45, 7) is 0. The minimum atomic E-state index is -0.661. The van der Waals surface area contributed by atoms with Crippen molar-refractivity contribution in [2.75, 3.05) is 7.11 Å². The molecule has 0 bridgehead atoms. The number of methoxy groups -OCH3 is 1. The summed E-state index contributed by atoms with van der Waals surface area (Å²) in [6.07, 6.45) is 1.52. The lowest BCUT2D eigenvalue weighted by Crippen LogP contribution is -2.01. The van der Waals surface area contributed by atoms with E-state index < -0.39 is 5.97 Å². The highest BCUT2D eigenvalue weighted by Crippen LogP contribution is 2.21. The molecule has 0 amide bonds. The van der Waals surface area contributed by atoms with Crippen LogP contribution in [0.25, 0.3) is 27.3 Å². The molecule has 0 fully saturated rings. The second-order valence-corrected chi connectivity index (χ2v) is 3.78. The molecule has 2 rings (SSSR count). The number of ether oxygens (including phenoxy) is 1. The topological polar surface area (TPSA) is 75.1 Å². The van der Waals surface area contributed by atoms with Crippen LogP contribution in [0.4, 0.5) is 0 Å². The van der Waals surface area contributed by atoms with Crippen molar-refractivity contribution in [2.45, 2.75) is 0 Å². The van der Waals surface area contributed by atoms with Gasteiger partial charge in [-0.1, -0.05) is 47.6 Å². The largest absolute Gasteiger partial charge is 0.466 e. The number of azide groups is 1. The highest BCUT2D eigenvalue weighted by Gasteiger charge is 2.08. The summed E-state index contributed by atoms with van der Waals surface area (Å²) in [4.78, 5) is 14.1. The zero-order valence-corrected chi connectivity index (χ0v) is 10.3. The van der Waals surface area contributed by atoms with E-state index in [4.69, 9.17) is 5.53 Å². The fraction of sp³-hybridized carbons (Fsp3) is 0.0714. The molecule has 0 atom stereocenters. The number of carbonyl (C=O) groups is 1. The summed E-state index contributed by atoms with van der Waals surface area (Å²) in [6, 6.07) is 13.4. The van der Waals surface area contributed by atoms with E-state index >= 15 is 0 Å². The maximum atomic E-state index is 11.5. The van der Waals surface area contributed by atoms with E-state index in [1.807, 2.05) is 42.5 Å². The molecule has 0 radical (unpaired) electrons. The minimum absolute atomic E-state index is 0.0682. The van der Waals surface area contributed by atoms with Crippen LogP contribution in [0.1, 0.15) is 5.56 Å². The van der Waals surface area contributed by atoms with Gasteiger partial charge in [0, 0.05) is 4.91 Å². The van der Waals surface area contributed by atoms with Crippen molar-refractivity contribution in [2.24, 2.45) is 5.11 Å². The van der Waals surface area contributed by atoms with Crippen molar-refractivity contribution < 1.29 is 9.53 Å². The monoisotopic (exact) mass is 253 g/mol. The van der Waals surface area contributed by atoms with Gasteiger partial charge in [-0.2, -0.15) is 0 Å². The quantitative estimate of drug-likeness (QED) is 0.275. The molecule has 0 heterocycles. The third-order valence-electron chi connectivity index (χ3n) is 2.66. The van der Waals surface area contributed by atoms with Crippen LogP contribution in [0, 0.1) is 0 Å². The molecule has 0 N–H and O–H groups in total. The van der Waals surface area contributed by atoms with E-state index in [2.05, 4.69) is 14.8 Å². The van der Waals surface area contributed by atoms with Crippen molar-refractivity contribution in [3.05, 3.63) is 64.2 Å². The van der Waals surface area contributed by atoms with Gasteiger partial charge in [0.2, 0.25) is 0 Å². The Hall–Kier alpha value is -2.78. The van der Waals surface area contributed by atoms with Crippen molar-refractivity contribution in [1.29, 1.82) is 0 Å².